The van der Waals surface area contributed by atoms with Crippen molar-refractivity contribution in [3.05, 3.63) is 133 Å². The number of para-hydroxylation sites is 1. The van der Waals surface area contributed by atoms with E-state index in [9.17, 15) is 4.79 Å². The molecule has 6 rings (SSSR count). The molecule has 0 saturated carbocycles. The molecule has 3 aromatic heterocycles. The lowest BCUT2D eigenvalue weighted by Gasteiger charge is -2.22. The molecule has 0 aliphatic heterocycles. The lowest BCUT2D eigenvalue weighted by Crippen LogP contribution is -2.27. The van der Waals surface area contributed by atoms with Gasteiger partial charge < -0.3 is 10.2 Å². The molecular formula is C34H31N7O. The van der Waals surface area contributed by atoms with Gasteiger partial charge >= 0.3 is 0 Å². The summed E-state index contributed by atoms with van der Waals surface area (Å²) in [6, 6.07) is 34.7. The van der Waals surface area contributed by atoms with Crippen LogP contribution < -0.4 is 10.2 Å². The van der Waals surface area contributed by atoms with Crippen molar-refractivity contribution in [3.63, 3.8) is 0 Å². The van der Waals surface area contributed by atoms with Gasteiger partial charge in [-0.3, -0.25) is 14.1 Å². The standard InChI is InChI=1S/C34H31N7O/c1-39(2)24-21-25-16-18-27(19-17-25)36-34-35-22-20-29(37-34)31-32(38-30-15-9-10-23-40(30)31)41(28-13-7-4-8-14-28)33(42)26-11-5-3-6-12-26/h3-20,22-23H,21,24H2,1-2H3,(H,35,36,37). The van der Waals surface area contributed by atoms with E-state index >= 15 is 0 Å². The highest BCUT2D eigenvalue weighted by Crippen LogP contribution is 2.36. The Labute approximate surface area is 244 Å². The first-order chi connectivity index (χ1) is 20.6. The third kappa shape index (κ3) is 5.75. The zero-order valence-corrected chi connectivity index (χ0v) is 23.6. The first-order valence-corrected chi connectivity index (χ1v) is 13.8. The topological polar surface area (TPSA) is 78.7 Å². The summed E-state index contributed by atoms with van der Waals surface area (Å²) in [5, 5.41) is 3.33. The van der Waals surface area contributed by atoms with E-state index in [0.29, 0.717) is 40.1 Å². The van der Waals surface area contributed by atoms with Crippen molar-refractivity contribution in [2.45, 2.75) is 6.42 Å². The van der Waals surface area contributed by atoms with Gasteiger partial charge in [0.25, 0.3) is 5.91 Å². The number of imidazole rings is 1. The van der Waals surface area contributed by atoms with Crippen molar-refractivity contribution in [3.8, 4) is 11.4 Å². The van der Waals surface area contributed by atoms with Crippen molar-refractivity contribution >= 4 is 34.7 Å². The number of amides is 1. The fourth-order valence-corrected chi connectivity index (χ4v) is 4.79. The molecule has 0 saturated heterocycles. The van der Waals surface area contributed by atoms with Crippen LogP contribution in [0.4, 0.5) is 23.1 Å². The minimum Gasteiger partial charge on any atom is -0.324 e. The Balaban J connectivity index is 1.41. The van der Waals surface area contributed by atoms with Crippen molar-refractivity contribution in [1.29, 1.82) is 0 Å². The summed E-state index contributed by atoms with van der Waals surface area (Å²) >= 11 is 0. The number of pyridine rings is 1. The SMILES string of the molecule is CN(C)CCc1ccc(Nc2nccc(-c3c(N(C(=O)c4ccccc4)c4ccccc4)nc4ccccn34)n2)cc1. The fraction of sp³-hybridized carbons (Fsp3) is 0.118. The minimum atomic E-state index is -0.187. The number of aromatic nitrogens is 4. The fourth-order valence-electron chi connectivity index (χ4n) is 4.79. The van der Waals surface area contributed by atoms with Gasteiger partial charge in [0.05, 0.1) is 11.4 Å². The molecule has 42 heavy (non-hydrogen) atoms. The molecular weight excluding hydrogens is 522 g/mol. The number of carbonyl (C=O) groups excluding carboxylic acids is 1. The Morgan fingerprint density at radius 1 is 0.810 bits per heavy atom. The van der Waals surface area contributed by atoms with Crippen LogP contribution in [0.2, 0.25) is 0 Å². The molecule has 1 N–H and O–H groups in total. The van der Waals surface area contributed by atoms with E-state index in [4.69, 9.17) is 9.97 Å². The van der Waals surface area contributed by atoms with Gasteiger partial charge in [-0.05, 0) is 80.7 Å². The van der Waals surface area contributed by atoms with E-state index in [1.54, 1.807) is 11.1 Å². The lowest BCUT2D eigenvalue weighted by atomic mass is 10.1. The monoisotopic (exact) mass is 553 g/mol. The quantitative estimate of drug-likeness (QED) is 0.217. The summed E-state index contributed by atoms with van der Waals surface area (Å²) in [7, 11) is 4.15. The molecule has 0 radical (unpaired) electrons. The molecule has 0 bridgehead atoms. The van der Waals surface area contributed by atoms with Crippen LogP contribution in [0.15, 0.2) is 122 Å². The number of nitrogens with zero attached hydrogens (tertiary/aromatic N) is 6. The maximum Gasteiger partial charge on any atom is 0.264 e. The summed E-state index contributed by atoms with van der Waals surface area (Å²) in [4.78, 5) is 32.2. The number of nitrogens with one attached hydrogen (secondary N) is 1. The molecule has 6 aromatic rings. The van der Waals surface area contributed by atoms with Gasteiger partial charge in [0.1, 0.15) is 11.3 Å². The van der Waals surface area contributed by atoms with Gasteiger partial charge in [0.15, 0.2) is 5.82 Å². The zero-order chi connectivity index (χ0) is 28.9. The van der Waals surface area contributed by atoms with Crippen LogP contribution in [0.1, 0.15) is 15.9 Å². The van der Waals surface area contributed by atoms with Crippen LogP contribution in [0.5, 0.6) is 0 Å². The second kappa shape index (κ2) is 12.0. The number of fused-ring (bicyclic) bond motifs is 1. The van der Waals surface area contributed by atoms with Gasteiger partial charge in [-0.2, -0.15) is 0 Å². The Morgan fingerprint density at radius 3 is 2.26 bits per heavy atom. The highest BCUT2D eigenvalue weighted by Gasteiger charge is 2.28. The van der Waals surface area contributed by atoms with E-state index in [-0.39, 0.29) is 5.91 Å². The van der Waals surface area contributed by atoms with E-state index in [1.807, 2.05) is 108 Å². The molecule has 208 valence electrons. The number of anilines is 4. The minimum absolute atomic E-state index is 0.187. The molecule has 0 atom stereocenters. The average molecular weight is 554 g/mol. The normalized spacial score (nSPS) is 11.1. The van der Waals surface area contributed by atoms with Gasteiger partial charge in [-0.25, -0.2) is 15.0 Å². The molecule has 1 amide bonds. The van der Waals surface area contributed by atoms with E-state index in [1.165, 1.54) is 5.56 Å². The summed E-state index contributed by atoms with van der Waals surface area (Å²) < 4.78 is 1.95. The summed E-state index contributed by atoms with van der Waals surface area (Å²) in [6.45, 7) is 0.992. The molecule has 8 heteroatoms. The summed E-state index contributed by atoms with van der Waals surface area (Å²) in [5.74, 6) is 0.746. The van der Waals surface area contributed by atoms with Crippen molar-refractivity contribution in [1.82, 2.24) is 24.3 Å². The number of hydrogen-bond acceptors (Lipinski definition) is 6. The maximum absolute atomic E-state index is 14.1. The number of hydrogen-bond donors (Lipinski definition) is 1. The van der Waals surface area contributed by atoms with Gasteiger partial charge in [0.2, 0.25) is 5.95 Å². The van der Waals surface area contributed by atoms with Crippen LogP contribution in [0.25, 0.3) is 17.0 Å². The molecule has 8 nitrogen and oxygen atoms in total. The van der Waals surface area contributed by atoms with Crippen molar-refractivity contribution < 1.29 is 4.79 Å². The van der Waals surface area contributed by atoms with Crippen LogP contribution in [-0.2, 0) is 6.42 Å². The Morgan fingerprint density at radius 2 is 1.52 bits per heavy atom. The van der Waals surface area contributed by atoms with Crippen molar-refractivity contribution in [2.24, 2.45) is 0 Å². The van der Waals surface area contributed by atoms with E-state index in [0.717, 1.165) is 18.7 Å². The second-order valence-corrected chi connectivity index (χ2v) is 10.2. The number of benzene rings is 3. The lowest BCUT2D eigenvalue weighted by molar-refractivity contribution is 0.0999. The molecule has 3 heterocycles. The highest BCUT2D eigenvalue weighted by molar-refractivity contribution is 6.12. The largest absolute Gasteiger partial charge is 0.324 e. The molecule has 3 aromatic carbocycles. The maximum atomic E-state index is 14.1. The molecule has 0 aliphatic carbocycles. The smallest absolute Gasteiger partial charge is 0.264 e. The number of rotatable bonds is 9. The second-order valence-electron chi connectivity index (χ2n) is 10.2. The molecule has 0 unspecified atom stereocenters. The van der Waals surface area contributed by atoms with Crippen LogP contribution in [0, 0.1) is 0 Å². The van der Waals surface area contributed by atoms with Gasteiger partial charge in [-0.1, -0.05) is 54.6 Å². The number of likely N-dealkylation sites (N-methyl/N-ethyl adjacent to an activating group) is 1. The first kappa shape index (κ1) is 26.9. The Hall–Kier alpha value is -5.34. The van der Waals surface area contributed by atoms with Crippen molar-refractivity contribution in [2.75, 3.05) is 30.9 Å². The molecule has 0 fully saturated rings. The third-order valence-corrected chi connectivity index (χ3v) is 6.92. The van der Waals surface area contributed by atoms with Gasteiger partial charge in [-0.15, -0.1) is 0 Å². The third-order valence-electron chi connectivity index (χ3n) is 6.92. The Kier molecular flexibility index (Phi) is 7.70. The van der Waals surface area contributed by atoms with Gasteiger partial charge in [0, 0.05) is 30.2 Å². The van der Waals surface area contributed by atoms with Crippen LogP contribution in [0.3, 0.4) is 0 Å². The molecule has 0 spiro atoms. The van der Waals surface area contributed by atoms with Crippen LogP contribution >= 0.6 is 0 Å². The van der Waals surface area contributed by atoms with E-state index < -0.39 is 0 Å². The highest BCUT2D eigenvalue weighted by atomic mass is 16.2. The Bertz CT molecular complexity index is 1800. The zero-order valence-electron chi connectivity index (χ0n) is 23.6. The molecule has 0 aliphatic rings. The van der Waals surface area contributed by atoms with E-state index in [2.05, 4.69) is 41.4 Å². The number of carbonyl (C=O) groups is 1. The predicted octanol–water partition coefficient (Wildman–Crippen LogP) is 6.62. The first-order valence-electron chi connectivity index (χ1n) is 13.8. The summed E-state index contributed by atoms with van der Waals surface area (Å²) in [6.07, 6.45) is 4.63. The van der Waals surface area contributed by atoms with Crippen LogP contribution in [-0.4, -0.2) is 50.8 Å². The summed E-state index contributed by atoms with van der Waals surface area (Å²) in [5.41, 5.74) is 5.44. The average Bonchev–Trinajstić information content (AvgIpc) is 3.41. The predicted molar refractivity (Wildman–Crippen MR) is 168 cm³/mol.